The number of nitrogens with one attached hydrogen (secondary N) is 1. The molecule has 0 saturated carbocycles. The van der Waals surface area contributed by atoms with Gasteiger partial charge in [0.1, 0.15) is 17.1 Å². The molecule has 0 radical (unpaired) electrons. The summed E-state index contributed by atoms with van der Waals surface area (Å²) in [5.74, 6) is 1.05. The van der Waals surface area contributed by atoms with Crippen LogP contribution in [0.25, 0.3) is 10.1 Å². The Morgan fingerprint density at radius 3 is 2.70 bits per heavy atom. The number of rotatable bonds is 4. The normalized spacial score (nSPS) is 13.9. The Kier molecular flexibility index (Phi) is 4.00. The standard InChI is InChI=1S/C18H19NO3S/c1-11-8-14(12(2)22-11)17(20)19-10-18(3,21)16-9-13-6-4-5-7-15(13)23-16/h4-9,21H,10H2,1-3H3,(H,19,20)/t18-/m1/s1. The van der Waals surface area contributed by atoms with Crippen molar-refractivity contribution in [2.45, 2.75) is 26.4 Å². The maximum absolute atomic E-state index is 12.3. The van der Waals surface area contributed by atoms with Crippen LogP contribution in [0.4, 0.5) is 0 Å². The Morgan fingerprint density at radius 2 is 2.04 bits per heavy atom. The van der Waals surface area contributed by atoms with Crippen LogP contribution in [-0.4, -0.2) is 17.6 Å². The lowest BCUT2D eigenvalue weighted by Crippen LogP contribution is -2.38. The van der Waals surface area contributed by atoms with Crippen LogP contribution in [0.15, 0.2) is 40.8 Å². The molecule has 5 heteroatoms. The summed E-state index contributed by atoms with van der Waals surface area (Å²) in [5.41, 5.74) is -0.610. The summed E-state index contributed by atoms with van der Waals surface area (Å²) in [6, 6.07) is 11.7. The van der Waals surface area contributed by atoms with Crippen LogP contribution in [0.5, 0.6) is 0 Å². The van der Waals surface area contributed by atoms with Gasteiger partial charge >= 0.3 is 0 Å². The zero-order valence-corrected chi connectivity index (χ0v) is 14.2. The third kappa shape index (κ3) is 3.16. The first kappa shape index (κ1) is 15.8. The van der Waals surface area contributed by atoms with Crippen LogP contribution in [-0.2, 0) is 5.60 Å². The minimum Gasteiger partial charge on any atom is -0.466 e. The van der Waals surface area contributed by atoms with Crippen molar-refractivity contribution < 1.29 is 14.3 Å². The summed E-state index contributed by atoms with van der Waals surface area (Å²) in [6.07, 6.45) is 0. The highest BCUT2D eigenvalue weighted by Gasteiger charge is 2.27. The summed E-state index contributed by atoms with van der Waals surface area (Å²) in [5, 5.41) is 14.6. The molecule has 3 rings (SSSR count). The van der Waals surface area contributed by atoms with Crippen LogP contribution in [0.1, 0.15) is 33.7 Å². The largest absolute Gasteiger partial charge is 0.466 e. The Hall–Kier alpha value is -2.11. The van der Waals surface area contributed by atoms with E-state index in [9.17, 15) is 9.90 Å². The van der Waals surface area contributed by atoms with Crippen molar-refractivity contribution in [3.8, 4) is 0 Å². The number of benzene rings is 1. The van der Waals surface area contributed by atoms with E-state index in [4.69, 9.17) is 4.42 Å². The van der Waals surface area contributed by atoms with Crippen LogP contribution < -0.4 is 5.32 Å². The van der Waals surface area contributed by atoms with Crippen molar-refractivity contribution >= 4 is 27.3 Å². The number of carbonyl (C=O) groups excluding carboxylic acids is 1. The van der Waals surface area contributed by atoms with Crippen LogP contribution >= 0.6 is 11.3 Å². The van der Waals surface area contributed by atoms with Gasteiger partial charge in [-0.1, -0.05) is 18.2 Å². The van der Waals surface area contributed by atoms with Crippen molar-refractivity contribution in [3.05, 3.63) is 58.4 Å². The number of aliphatic hydroxyl groups is 1. The molecule has 120 valence electrons. The maximum Gasteiger partial charge on any atom is 0.254 e. The fourth-order valence-corrected chi connectivity index (χ4v) is 3.64. The minimum atomic E-state index is -1.12. The van der Waals surface area contributed by atoms with Crippen molar-refractivity contribution in [1.82, 2.24) is 5.32 Å². The lowest BCUT2D eigenvalue weighted by molar-refractivity contribution is 0.0557. The number of amides is 1. The van der Waals surface area contributed by atoms with Gasteiger partial charge in [0, 0.05) is 9.58 Å². The second kappa shape index (κ2) is 5.83. The van der Waals surface area contributed by atoms with E-state index in [1.165, 1.54) is 11.3 Å². The first-order valence-corrected chi connectivity index (χ1v) is 8.25. The average Bonchev–Trinajstić information content (AvgIpc) is 3.08. The Balaban J connectivity index is 1.75. The monoisotopic (exact) mass is 329 g/mol. The number of thiophene rings is 1. The fourth-order valence-electron chi connectivity index (χ4n) is 2.54. The molecule has 4 nitrogen and oxygen atoms in total. The zero-order chi connectivity index (χ0) is 16.6. The van der Waals surface area contributed by atoms with Crippen LogP contribution in [0.3, 0.4) is 0 Å². The Labute approximate surface area is 138 Å². The van der Waals surface area contributed by atoms with Crippen LogP contribution in [0, 0.1) is 13.8 Å². The number of hydrogen-bond acceptors (Lipinski definition) is 4. The number of furan rings is 1. The van der Waals surface area contributed by atoms with E-state index in [2.05, 4.69) is 5.32 Å². The lowest BCUT2D eigenvalue weighted by Gasteiger charge is -2.22. The second-order valence-electron chi connectivity index (χ2n) is 5.93. The third-order valence-corrected chi connectivity index (χ3v) is 5.20. The molecule has 0 aliphatic carbocycles. The van der Waals surface area contributed by atoms with Crippen molar-refractivity contribution in [2.75, 3.05) is 6.54 Å². The summed E-state index contributed by atoms with van der Waals surface area (Å²) < 4.78 is 6.49. The van der Waals surface area contributed by atoms with Gasteiger partial charge in [0.05, 0.1) is 12.1 Å². The molecule has 2 aromatic heterocycles. The predicted octanol–water partition coefficient (Wildman–Crippen LogP) is 3.75. The molecule has 0 spiro atoms. The Bertz CT molecular complexity index is 827. The molecule has 0 unspecified atom stereocenters. The van der Waals surface area contributed by atoms with E-state index in [1.807, 2.05) is 30.3 Å². The first-order valence-electron chi connectivity index (χ1n) is 7.43. The van der Waals surface area contributed by atoms with E-state index in [0.29, 0.717) is 17.1 Å². The molecule has 3 aromatic rings. The predicted molar refractivity (Wildman–Crippen MR) is 91.9 cm³/mol. The van der Waals surface area contributed by atoms with Gasteiger partial charge in [-0.3, -0.25) is 4.79 Å². The molecular weight excluding hydrogens is 310 g/mol. The molecule has 2 heterocycles. The molecule has 2 N–H and O–H groups in total. The van der Waals surface area contributed by atoms with Crippen molar-refractivity contribution in [3.63, 3.8) is 0 Å². The average molecular weight is 329 g/mol. The maximum atomic E-state index is 12.3. The summed E-state index contributed by atoms with van der Waals surface area (Å²) in [4.78, 5) is 13.1. The molecule has 1 aromatic carbocycles. The SMILES string of the molecule is Cc1cc(C(=O)NC[C@@](C)(O)c2cc3ccccc3s2)c(C)o1. The molecular formula is C18H19NO3S. The summed E-state index contributed by atoms with van der Waals surface area (Å²) >= 11 is 1.54. The molecule has 1 atom stereocenters. The van der Waals surface area contributed by atoms with E-state index in [-0.39, 0.29) is 12.5 Å². The molecule has 0 saturated heterocycles. The summed E-state index contributed by atoms with van der Waals surface area (Å²) in [7, 11) is 0. The number of fused-ring (bicyclic) bond motifs is 1. The first-order chi connectivity index (χ1) is 10.9. The van der Waals surface area contributed by atoms with Gasteiger partial charge in [-0.05, 0) is 44.4 Å². The van der Waals surface area contributed by atoms with Gasteiger partial charge in [0.25, 0.3) is 5.91 Å². The van der Waals surface area contributed by atoms with Gasteiger partial charge in [-0.2, -0.15) is 0 Å². The molecule has 23 heavy (non-hydrogen) atoms. The number of aryl methyl sites for hydroxylation is 2. The lowest BCUT2D eigenvalue weighted by atomic mass is 10.0. The topological polar surface area (TPSA) is 62.5 Å². The summed E-state index contributed by atoms with van der Waals surface area (Å²) in [6.45, 7) is 5.41. The van der Waals surface area contributed by atoms with Crippen molar-refractivity contribution in [1.29, 1.82) is 0 Å². The van der Waals surface area contributed by atoms with Gasteiger partial charge in [-0.15, -0.1) is 11.3 Å². The van der Waals surface area contributed by atoms with E-state index in [1.54, 1.807) is 26.8 Å². The van der Waals surface area contributed by atoms with Gasteiger partial charge in [-0.25, -0.2) is 0 Å². The van der Waals surface area contributed by atoms with E-state index in [0.717, 1.165) is 15.0 Å². The zero-order valence-electron chi connectivity index (χ0n) is 13.3. The fraction of sp³-hybridized carbons (Fsp3) is 0.278. The quantitative estimate of drug-likeness (QED) is 0.766. The van der Waals surface area contributed by atoms with Crippen LogP contribution in [0.2, 0.25) is 0 Å². The second-order valence-corrected chi connectivity index (χ2v) is 7.02. The smallest absolute Gasteiger partial charge is 0.254 e. The minimum absolute atomic E-state index is 0.141. The molecule has 0 aliphatic heterocycles. The van der Waals surface area contributed by atoms with Gasteiger partial charge < -0.3 is 14.8 Å². The van der Waals surface area contributed by atoms with E-state index >= 15 is 0 Å². The molecule has 0 bridgehead atoms. The number of carbonyl (C=O) groups is 1. The highest BCUT2D eigenvalue weighted by molar-refractivity contribution is 7.19. The van der Waals surface area contributed by atoms with Gasteiger partial charge in [0.15, 0.2) is 0 Å². The molecule has 0 fully saturated rings. The molecule has 1 amide bonds. The van der Waals surface area contributed by atoms with E-state index < -0.39 is 5.60 Å². The van der Waals surface area contributed by atoms with Crippen molar-refractivity contribution in [2.24, 2.45) is 0 Å². The highest BCUT2D eigenvalue weighted by Crippen LogP contribution is 2.32. The third-order valence-electron chi connectivity index (χ3n) is 3.84. The molecule has 0 aliphatic rings. The Morgan fingerprint density at radius 1 is 1.30 bits per heavy atom. The number of hydrogen-bond donors (Lipinski definition) is 2. The highest BCUT2D eigenvalue weighted by atomic mass is 32.1. The van der Waals surface area contributed by atoms with Gasteiger partial charge in [0.2, 0.25) is 0 Å².